The number of piperazine rings is 1. The summed E-state index contributed by atoms with van der Waals surface area (Å²) in [6.07, 6.45) is 3.16. The number of rotatable bonds is 13. The third-order valence-corrected chi connectivity index (χ3v) is 11.6. The second-order valence-corrected chi connectivity index (χ2v) is 15.5. The van der Waals surface area contributed by atoms with Crippen molar-refractivity contribution < 1.29 is 19.0 Å². The molecule has 2 saturated heterocycles. The van der Waals surface area contributed by atoms with Crippen LogP contribution in [-0.4, -0.2) is 90.2 Å². The van der Waals surface area contributed by atoms with Gasteiger partial charge in [-0.2, -0.15) is 15.2 Å². The summed E-state index contributed by atoms with van der Waals surface area (Å²) in [6, 6.07) is 35.5. The molecule has 11 nitrogen and oxygen atoms in total. The predicted molar refractivity (Wildman–Crippen MR) is 221 cm³/mol. The van der Waals surface area contributed by atoms with Crippen LogP contribution in [0, 0.1) is 11.3 Å². The van der Waals surface area contributed by atoms with E-state index in [0.29, 0.717) is 44.8 Å². The normalized spacial score (nSPS) is 19.2. The molecule has 5 aromatic rings. The second-order valence-electron chi connectivity index (χ2n) is 15.5. The van der Waals surface area contributed by atoms with Crippen molar-refractivity contribution in [2.24, 2.45) is 0 Å². The Morgan fingerprint density at radius 1 is 0.895 bits per heavy atom. The molecule has 4 heterocycles. The van der Waals surface area contributed by atoms with Gasteiger partial charge in [0.05, 0.1) is 31.3 Å². The summed E-state index contributed by atoms with van der Waals surface area (Å²) < 4.78 is 18.6. The van der Waals surface area contributed by atoms with E-state index in [1.165, 1.54) is 0 Å². The van der Waals surface area contributed by atoms with Gasteiger partial charge in [0.1, 0.15) is 30.9 Å². The monoisotopic (exact) mass is 765 g/mol. The molecule has 0 radical (unpaired) electrons. The topological polar surface area (TPSA) is 107 Å². The van der Waals surface area contributed by atoms with Crippen molar-refractivity contribution in [1.29, 1.82) is 5.26 Å². The van der Waals surface area contributed by atoms with Crippen molar-refractivity contribution in [1.82, 2.24) is 19.8 Å². The van der Waals surface area contributed by atoms with Gasteiger partial charge in [0.2, 0.25) is 0 Å². The van der Waals surface area contributed by atoms with E-state index < -0.39 is 0 Å². The van der Waals surface area contributed by atoms with Gasteiger partial charge in [0, 0.05) is 61.0 Å². The van der Waals surface area contributed by atoms with E-state index in [0.717, 1.165) is 82.8 Å². The minimum Gasteiger partial charge on any atom is -0.489 e. The molecule has 0 N–H and O–H groups in total. The van der Waals surface area contributed by atoms with E-state index in [1.54, 1.807) is 0 Å². The van der Waals surface area contributed by atoms with E-state index in [4.69, 9.17) is 24.2 Å². The number of hydrogen-bond acceptors (Lipinski definition) is 11. The zero-order valence-electron chi connectivity index (χ0n) is 32.9. The molecule has 0 amide bonds. The average molecular weight is 766 g/mol. The number of esters is 1. The molecule has 4 aromatic carbocycles. The quantitative estimate of drug-likeness (QED) is 0.119. The largest absolute Gasteiger partial charge is 0.489 e. The standard InChI is InChI=1S/C46H51N7O4/c1-33(42-18-11-22-50(42)2)57-46-48-41-29-52(43-27-38(26-36-16-9-10-17-39(36)43)55-31-34-12-5-3-6-13-34)23-20-40(41)45(49-46)53-25-24-51(37(28-53)19-21-47)30-44(54)56-32-35-14-7-4-8-15-35/h3-10,12-17,26-27,33,37,42H,11,18-20,22-25,28-32H2,1-2H3/t33-,37+,42?/m1/s1. The number of fused-ring (bicyclic) bond motifs is 2. The van der Waals surface area contributed by atoms with Crippen LogP contribution in [-0.2, 0) is 35.7 Å². The maximum atomic E-state index is 13.0. The van der Waals surface area contributed by atoms with Crippen LogP contribution >= 0.6 is 0 Å². The number of anilines is 2. The number of carbonyl (C=O) groups is 1. The molecule has 1 aromatic heterocycles. The zero-order chi connectivity index (χ0) is 39.1. The number of nitrogens with zero attached hydrogens (tertiary/aromatic N) is 7. The first-order chi connectivity index (χ1) is 27.9. The van der Waals surface area contributed by atoms with Crippen molar-refractivity contribution >= 4 is 28.2 Å². The van der Waals surface area contributed by atoms with Crippen molar-refractivity contribution in [2.75, 3.05) is 56.1 Å². The van der Waals surface area contributed by atoms with E-state index in [9.17, 15) is 10.1 Å². The van der Waals surface area contributed by atoms with Crippen LogP contribution in [0.4, 0.5) is 11.5 Å². The third kappa shape index (κ3) is 8.98. The number of likely N-dealkylation sites (N-methyl/N-ethyl adjacent to an activating group) is 1. The Hall–Kier alpha value is -5.70. The molecule has 294 valence electrons. The molecule has 0 saturated carbocycles. The minimum absolute atomic E-state index is 0.0874. The highest BCUT2D eigenvalue weighted by molar-refractivity contribution is 5.96. The van der Waals surface area contributed by atoms with Gasteiger partial charge >= 0.3 is 12.0 Å². The summed E-state index contributed by atoms with van der Waals surface area (Å²) in [4.78, 5) is 32.4. The van der Waals surface area contributed by atoms with Crippen molar-refractivity contribution in [3.8, 4) is 17.8 Å². The van der Waals surface area contributed by atoms with Crippen LogP contribution in [0.1, 0.15) is 48.6 Å². The predicted octanol–water partition coefficient (Wildman–Crippen LogP) is 6.78. The van der Waals surface area contributed by atoms with Gasteiger partial charge in [-0.25, -0.2) is 0 Å². The van der Waals surface area contributed by atoms with E-state index in [2.05, 4.69) is 88.2 Å². The van der Waals surface area contributed by atoms with Crippen LogP contribution in [0.25, 0.3) is 10.8 Å². The first-order valence-electron chi connectivity index (χ1n) is 20.2. The number of nitriles is 1. The first kappa shape index (κ1) is 38.2. The van der Waals surface area contributed by atoms with Gasteiger partial charge in [0.15, 0.2) is 0 Å². The molecule has 3 aliphatic rings. The fourth-order valence-corrected chi connectivity index (χ4v) is 8.57. The Morgan fingerprint density at radius 3 is 2.40 bits per heavy atom. The lowest BCUT2D eigenvalue weighted by Crippen LogP contribution is -2.55. The maximum Gasteiger partial charge on any atom is 0.320 e. The fourth-order valence-electron chi connectivity index (χ4n) is 8.57. The van der Waals surface area contributed by atoms with Crippen LogP contribution in [0.5, 0.6) is 11.8 Å². The molecule has 3 atom stereocenters. The molecule has 57 heavy (non-hydrogen) atoms. The molecule has 1 unspecified atom stereocenters. The molecular weight excluding hydrogens is 715 g/mol. The molecule has 8 rings (SSSR count). The highest BCUT2D eigenvalue weighted by Crippen LogP contribution is 2.38. The summed E-state index contributed by atoms with van der Waals surface area (Å²) in [7, 11) is 2.16. The van der Waals surface area contributed by atoms with E-state index in [-0.39, 0.29) is 37.7 Å². The summed E-state index contributed by atoms with van der Waals surface area (Å²) in [6.45, 7) is 7.17. The number of carbonyl (C=O) groups excluding carboxylic acids is 1. The van der Waals surface area contributed by atoms with Gasteiger partial charge in [0.25, 0.3) is 0 Å². The average Bonchev–Trinajstić information content (AvgIpc) is 3.68. The first-order valence-corrected chi connectivity index (χ1v) is 20.2. The molecule has 0 bridgehead atoms. The zero-order valence-corrected chi connectivity index (χ0v) is 32.9. The van der Waals surface area contributed by atoms with E-state index in [1.807, 2.05) is 48.5 Å². The van der Waals surface area contributed by atoms with Crippen LogP contribution in [0.2, 0.25) is 0 Å². The Kier molecular flexibility index (Phi) is 11.8. The summed E-state index contributed by atoms with van der Waals surface area (Å²) >= 11 is 0. The Balaban J connectivity index is 1.06. The van der Waals surface area contributed by atoms with Crippen LogP contribution < -0.4 is 19.3 Å². The molecule has 2 fully saturated rings. The van der Waals surface area contributed by atoms with Crippen LogP contribution in [0.3, 0.4) is 0 Å². The SMILES string of the molecule is C[C@@H](Oc1nc2c(c(N3CCN(CC(=O)OCc4ccccc4)[C@@H](CC#N)C3)n1)CCN(c1cc(OCc3ccccc3)cc3ccccc13)C2)C1CCCN1C. The van der Waals surface area contributed by atoms with Crippen molar-refractivity contribution in [2.45, 2.75) is 70.6 Å². The molecule has 0 aliphatic carbocycles. The molecule has 0 spiro atoms. The highest BCUT2D eigenvalue weighted by Gasteiger charge is 2.34. The summed E-state index contributed by atoms with van der Waals surface area (Å²) in [5.41, 5.74) is 5.22. The summed E-state index contributed by atoms with van der Waals surface area (Å²) in [5, 5.41) is 12.2. The van der Waals surface area contributed by atoms with E-state index >= 15 is 0 Å². The number of benzene rings is 4. The third-order valence-electron chi connectivity index (χ3n) is 11.6. The Bertz CT molecular complexity index is 2200. The lowest BCUT2D eigenvalue weighted by Gasteiger charge is -2.42. The number of likely N-dealkylation sites (tertiary alicyclic amines) is 1. The highest BCUT2D eigenvalue weighted by atomic mass is 16.5. The smallest absolute Gasteiger partial charge is 0.320 e. The Morgan fingerprint density at radius 2 is 1.65 bits per heavy atom. The second kappa shape index (κ2) is 17.6. The number of ether oxygens (including phenoxy) is 3. The summed E-state index contributed by atoms with van der Waals surface area (Å²) in [5.74, 6) is 1.39. The van der Waals surface area contributed by atoms with Gasteiger partial charge in [-0.05, 0) is 62.4 Å². The van der Waals surface area contributed by atoms with Gasteiger partial charge in [-0.3, -0.25) is 14.6 Å². The van der Waals surface area contributed by atoms with Crippen molar-refractivity contribution in [3.05, 3.63) is 119 Å². The molecule has 11 heteroatoms. The van der Waals surface area contributed by atoms with Crippen LogP contribution in [0.15, 0.2) is 97.1 Å². The van der Waals surface area contributed by atoms with Gasteiger partial charge in [-0.1, -0.05) is 84.9 Å². The Labute approximate surface area is 335 Å². The van der Waals surface area contributed by atoms with Crippen molar-refractivity contribution in [3.63, 3.8) is 0 Å². The molecule has 3 aliphatic heterocycles. The lowest BCUT2D eigenvalue weighted by molar-refractivity contribution is -0.147. The van der Waals surface area contributed by atoms with Gasteiger partial charge < -0.3 is 24.0 Å². The van der Waals surface area contributed by atoms with Gasteiger partial charge in [-0.15, -0.1) is 0 Å². The number of aromatic nitrogens is 2. The molecular formula is C46H51N7O4. The lowest BCUT2D eigenvalue weighted by atomic mass is 10.0. The number of hydrogen-bond donors (Lipinski definition) is 0. The minimum atomic E-state index is -0.293. The maximum absolute atomic E-state index is 13.0. The fraction of sp³-hybridized carbons (Fsp3) is 0.391.